The minimum Gasteiger partial charge on any atom is -0.494 e. The third-order valence-electron chi connectivity index (χ3n) is 5.13. The Morgan fingerprint density at radius 3 is 2.76 bits per heavy atom. The number of carbonyl (C=O) groups is 2. The van der Waals surface area contributed by atoms with Gasteiger partial charge < -0.3 is 15.4 Å². The lowest BCUT2D eigenvalue weighted by atomic mass is 9.85. The number of amides is 2. The van der Waals surface area contributed by atoms with Crippen molar-refractivity contribution in [2.75, 3.05) is 13.7 Å². The van der Waals surface area contributed by atoms with Gasteiger partial charge in [0.2, 0.25) is 5.91 Å². The standard InChI is InChI=1S/C19H25FN6O3/c1-29-15-5-2-4-14(17(15)20)19(28)22-13-9-7-12(8-10-13)18(27)21-11-3-6-16-23-25-26-24-16/h2,4-5,12-13H,3,6-11H2,1H3,(H,21,27)(H,22,28)(H,23,24,25,26). The second kappa shape index (κ2) is 9.94. The summed E-state index contributed by atoms with van der Waals surface area (Å²) in [5, 5.41) is 19.4. The van der Waals surface area contributed by atoms with Crippen LogP contribution in [0.4, 0.5) is 4.39 Å². The Hall–Kier alpha value is -3.04. The number of ether oxygens (including phenoxy) is 1. The zero-order valence-electron chi connectivity index (χ0n) is 16.3. The fourth-order valence-electron chi connectivity index (χ4n) is 3.50. The summed E-state index contributed by atoms with van der Waals surface area (Å²) in [5.41, 5.74) is -0.0363. The molecule has 1 fully saturated rings. The number of rotatable bonds is 8. The van der Waals surface area contributed by atoms with Gasteiger partial charge >= 0.3 is 0 Å². The van der Waals surface area contributed by atoms with E-state index in [-0.39, 0.29) is 29.2 Å². The Balaban J connectivity index is 1.39. The predicted octanol–water partition coefficient (Wildman–Crippen LogP) is 1.38. The van der Waals surface area contributed by atoms with Crippen LogP contribution in [0.15, 0.2) is 18.2 Å². The summed E-state index contributed by atoms with van der Waals surface area (Å²) >= 11 is 0. The molecule has 0 spiro atoms. The maximum atomic E-state index is 14.2. The molecule has 1 aliphatic carbocycles. The van der Waals surface area contributed by atoms with Crippen molar-refractivity contribution in [3.8, 4) is 5.75 Å². The van der Waals surface area contributed by atoms with E-state index in [2.05, 4.69) is 31.3 Å². The summed E-state index contributed by atoms with van der Waals surface area (Å²) in [5.74, 6) is -0.499. The van der Waals surface area contributed by atoms with Crippen LogP contribution >= 0.6 is 0 Å². The molecule has 1 heterocycles. The highest BCUT2D eigenvalue weighted by Crippen LogP contribution is 2.25. The third-order valence-corrected chi connectivity index (χ3v) is 5.13. The number of benzene rings is 1. The van der Waals surface area contributed by atoms with Gasteiger partial charge in [0.15, 0.2) is 17.4 Å². The number of nitrogens with one attached hydrogen (secondary N) is 3. The first-order valence-electron chi connectivity index (χ1n) is 9.72. The predicted molar refractivity (Wildman–Crippen MR) is 102 cm³/mol. The topological polar surface area (TPSA) is 122 Å². The molecule has 3 N–H and O–H groups in total. The van der Waals surface area contributed by atoms with Gasteiger partial charge in [-0.3, -0.25) is 9.59 Å². The molecular formula is C19H25FN6O3. The fourth-order valence-corrected chi connectivity index (χ4v) is 3.50. The highest BCUT2D eigenvalue weighted by Gasteiger charge is 2.28. The van der Waals surface area contributed by atoms with E-state index in [4.69, 9.17) is 4.74 Å². The SMILES string of the molecule is COc1cccc(C(=O)NC2CCC(C(=O)NCCCc3nn[nH]n3)CC2)c1F. The first-order valence-corrected chi connectivity index (χ1v) is 9.72. The molecule has 0 unspecified atom stereocenters. The normalized spacial score (nSPS) is 18.8. The minimum atomic E-state index is -0.665. The van der Waals surface area contributed by atoms with Gasteiger partial charge in [-0.25, -0.2) is 4.39 Å². The van der Waals surface area contributed by atoms with Crippen molar-refractivity contribution in [1.82, 2.24) is 31.3 Å². The Kier molecular flexibility index (Phi) is 7.09. The van der Waals surface area contributed by atoms with Gasteiger partial charge in [-0.05, 0) is 44.2 Å². The average Bonchev–Trinajstić information content (AvgIpc) is 3.25. The first-order chi connectivity index (χ1) is 14.1. The van der Waals surface area contributed by atoms with Crippen molar-refractivity contribution in [2.45, 2.75) is 44.6 Å². The zero-order valence-corrected chi connectivity index (χ0v) is 16.3. The second-order valence-electron chi connectivity index (χ2n) is 7.07. The van der Waals surface area contributed by atoms with E-state index in [1.54, 1.807) is 6.07 Å². The molecule has 156 valence electrons. The van der Waals surface area contributed by atoms with Crippen LogP contribution in [-0.2, 0) is 11.2 Å². The monoisotopic (exact) mass is 404 g/mol. The Morgan fingerprint density at radius 1 is 1.28 bits per heavy atom. The summed E-state index contributed by atoms with van der Waals surface area (Å²) in [6.07, 6.45) is 4.11. The Bertz CT molecular complexity index is 821. The van der Waals surface area contributed by atoms with Crippen LogP contribution in [0.1, 0.15) is 48.3 Å². The maximum absolute atomic E-state index is 14.2. The van der Waals surface area contributed by atoms with Crippen molar-refractivity contribution in [3.63, 3.8) is 0 Å². The van der Waals surface area contributed by atoms with Crippen molar-refractivity contribution in [3.05, 3.63) is 35.4 Å². The molecule has 9 nitrogen and oxygen atoms in total. The molecule has 3 rings (SSSR count). The number of carbonyl (C=O) groups excluding carboxylic acids is 2. The number of H-pyrrole nitrogens is 1. The van der Waals surface area contributed by atoms with Crippen LogP contribution in [0.5, 0.6) is 5.75 Å². The van der Waals surface area contributed by atoms with Gasteiger partial charge in [-0.2, -0.15) is 5.21 Å². The number of nitrogens with zero attached hydrogens (tertiary/aromatic N) is 3. The van der Waals surface area contributed by atoms with E-state index in [0.717, 1.165) is 6.42 Å². The van der Waals surface area contributed by atoms with E-state index >= 15 is 0 Å². The molecule has 10 heteroatoms. The van der Waals surface area contributed by atoms with Gasteiger partial charge in [-0.15, -0.1) is 10.2 Å². The molecule has 1 aromatic carbocycles. The molecule has 1 aromatic heterocycles. The fraction of sp³-hybridized carbons (Fsp3) is 0.526. The Morgan fingerprint density at radius 2 is 2.07 bits per heavy atom. The minimum absolute atomic E-state index is 0.0294. The van der Waals surface area contributed by atoms with Gasteiger partial charge in [-0.1, -0.05) is 11.3 Å². The smallest absolute Gasteiger partial charge is 0.254 e. The van der Waals surface area contributed by atoms with E-state index in [1.807, 2.05) is 0 Å². The van der Waals surface area contributed by atoms with Crippen molar-refractivity contribution < 1.29 is 18.7 Å². The van der Waals surface area contributed by atoms with Crippen molar-refractivity contribution in [2.24, 2.45) is 5.92 Å². The molecule has 0 aliphatic heterocycles. The molecule has 1 aliphatic rings. The van der Waals surface area contributed by atoms with Crippen LogP contribution < -0.4 is 15.4 Å². The third kappa shape index (κ3) is 5.49. The largest absolute Gasteiger partial charge is 0.494 e. The van der Waals surface area contributed by atoms with Gasteiger partial charge in [0.1, 0.15) is 0 Å². The van der Waals surface area contributed by atoms with Gasteiger partial charge in [0.05, 0.1) is 12.7 Å². The van der Waals surface area contributed by atoms with Crippen LogP contribution in [-0.4, -0.2) is 52.1 Å². The lowest BCUT2D eigenvalue weighted by molar-refractivity contribution is -0.126. The lowest BCUT2D eigenvalue weighted by Gasteiger charge is -2.28. The van der Waals surface area contributed by atoms with Crippen LogP contribution in [0.2, 0.25) is 0 Å². The molecule has 1 saturated carbocycles. The Labute approximate surface area is 167 Å². The highest BCUT2D eigenvalue weighted by atomic mass is 19.1. The van der Waals surface area contributed by atoms with Gasteiger partial charge in [0.25, 0.3) is 5.91 Å². The molecule has 29 heavy (non-hydrogen) atoms. The number of aromatic amines is 1. The molecular weight excluding hydrogens is 379 g/mol. The average molecular weight is 404 g/mol. The second-order valence-corrected chi connectivity index (χ2v) is 7.07. The van der Waals surface area contributed by atoms with Crippen molar-refractivity contribution >= 4 is 11.8 Å². The number of methoxy groups -OCH3 is 1. The number of tetrazole rings is 1. The molecule has 0 bridgehead atoms. The summed E-state index contributed by atoms with van der Waals surface area (Å²) in [6, 6.07) is 4.41. The quantitative estimate of drug-likeness (QED) is 0.572. The number of halogens is 1. The molecule has 2 amide bonds. The van der Waals surface area contributed by atoms with Gasteiger partial charge in [0, 0.05) is 24.9 Å². The van der Waals surface area contributed by atoms with E-state index in [0.29, 0.717) is 44.5 Å². The van der Waals surface area contributed by atoms with Crippen LogP contribution in [0.3, 0.4) is 0 Å². The van der Waals surface area contributed by atoms with E-state index in [9.17, 15) is 14.0 Å². The number of aromatic nitrogens is 4. The molecule has 2 aromatic rings. The highest BCUT2D eigenvalue weighted by molar-refractivity contribution is 5.95. The van der Waals surface area contributed by atoms with Crippen LogP contribution in [0.25, 0.3) is 0 Å². The van der Waals surface area contributed by atoms with Crippen molar-refractivity contribution in [1.29, 1.82) is 0 Å². The first kappa shape index (κ1) is 20.7. The molecule has 0 saturated heterocycles. The number of aryl methyl sites for hydroxylation is 1. The van der Waals surface area contributed by atoms with E-state index < -0.39 is 11.7 Å². The lowest BCUT2D eigenvalue weighted by Crippen LogP contribution is -2.41. The molecule has 0 radical (unpaired) electrons. The number of hydrogen-bond acceptors (Lipinski definition) is 6. The van der Waals surface area contributed by atoms with Crippen LogP contribution in [0, 0.1) is 11.7 Å². The summed E-state index contributed by atoms with van der Waals surface area (Å²) in [4.78, 5) is 24.7. The van der Waals surface area contributed by atoms with E-state index in [1.165, 1.54) is 19.2 Å². The summed E-state index contributed by atoms with van der Waals surface area (Å²) < 4.78 is 19.1. The number of hydrogen-bond donors (Lipinski definition) is 3. The zero-order chi connectivity index (χ0) is 20.6. The summed E-state index contributed by atoms with van der Waals surface area (Å²) in [7, 11) is 1.36. The maximum Gasteiger partial charge on any atom is 0.254 e. The molecule has 0 atom stereocenters. The summed E-state index contributed by atoms with van der Waals surface area (Å²) in [6.45, 7) is 0.555.